The van der Waals surface area contributed by atoms with Crippen molar-refractivity contribution in [1.82, 2.24) is 0 Å². The first-order valence-corrected chi connectivity index (χ1v) is 25.8. The smallest absolute Gasteiger partial charge is 0.0184 e. The molecule has 0 heteroatoms. The van der Waals surface area contributed by atoms with Crippen molar-refractivity contribution in [2.24, 2.45) is 0 Å². The molecule has 0 amide bonds. The fourth-order valence-corrected chi connectivity index (χ4v) is 8.11. The van der Waals surface area contributed by atoms with Crippen LogP contribution in [0.5, 0.6) is 0 Å². The molecular formula is C60H94. The zero-order valence-corrected chi connectivity index (χ0v) is 41.1. The van der Waals surface area contributed by atoms with Gasteiger partial charge in [0.15, 0.2) is 0 Å². The topological polar surface area (TPSA) is 0 Å². The molecule has 0 atom stereocenters. The number of benzene rings is 4. The summed E-state index contributed by atoms with van der Waals surface area (Å²) in [6, 6.07) is 30.5. The summed E-state index contributed by atoms with van der Waals surface area (Å²) in [7, 11) is 0. The van der Waals surface area contributed by atoms with Gasteiger partial charge in [0, 0.05) is 0 Å². The van der Waals surface area contributed by atoms with Gasteiger partial charge in [-0.05, 0) is 177 Å². The van der Waals surface area contributed by atoms with Gasteiger partial charge in [-0.1, -0.05) is 199 Å². The molecule has 4 aromatic carbocycles. The summed E-state index contributed by atoms with van der Waals surface area (Å²) in [6.45, 7) is 20.5. The molecule has 0 nitrogen and oxygen atoms in total. The van der Waals surface area contributed by atoms with Gasteiger partial charge in [0.2, 0.25) is 0 Å². The van der Waals surface area contributed by atoms with E-state index < -0.39 is 0 Å². The quantitative estimate of drug-likeness (QED) is 0.0536. The second kappa shape index (κ2) is 34.5. The van der Waals surface area contributed by atoms with Crippen LogP contribution in [0.2, 0.25) is 0 Å². The average molecular weight is 815 g/mol. The fourth-order valence-electron chi connectivity index (χ4n) is 8.11. The monoisotopic (exact) mass is 815 g/mol. The van der Waals surface area contributed by atoms with Crippen molar-refractivity contribution in [3.8, 4) is 11.1 Å². The molecule has 0 aliphatic carbocycles. The van der Waals surface area contributed by atoms with E-state index in [0.29, 0.717) is 0 Å². The van der Waals surface area contributed by atoms with Crippen LogP contribution in [0, 0.1) is 0 Å². The van der Waals surface area contributed by atoms with E-state index >= 15 is 0 Å². The molecule has 0 saturated heterocycles. The Morgan fingerprint density at radius 2 is 0.450 bits per heavy atom. The Morgan fingerprint density at radius 1 is 0.217 bits per heavy atom. The molecule has 334 valence electrons. The SMILES string of the molecule is CCCCc1cc(CCCC)c(CCCC)cc1CCCC.CCCCc1ccc(-c2ccc(CCCC)cc2)cc1.CCCCc1ccc(CCCC)c(CCCC)c1. The first-order valence-electron chi connectivity index (χ1n) is 25.8. The van der Waals surface area contributed by atoms with Gasteiger partial charge in [-0.2, -0.15) is 0 Å². The van der Waals surface area contributed by atoms with Gasteiger partial charge < -0.3 is 0 Å². The summed E-state index contributed by atoms with van der Waals surface area (Å²) in [5.74, 6) is 0. The average Bonchev–Trinajstić information content (AvgIpc) is 3.29. The first kappa shape index (κ1) is 53.0. The lowest BCUT2D eigenvalue weighted by atomic mass is 9.89. The molecule has 0 bridgehead atoms. The van der Waals surface area contributed by atoms with Crippen LogP contribution in [-0.4, -0.2) is 0 Å². The minimum atomic E-state index is 1.20. The Hall–Kier alpha value is -3.12. The Balaban J connectivity index is 0.000000312. The maximum absolute atomic E-state index is 2.58. The maximum atomic E-state index is 2.58. The maximum Gasteiger partial charge on any atom is -0.0184 e. The van der Waals surface area contributed by atoms with Crippen LogP contribution < -0.4 is 0 Å². The zero-order chi connectivity index (χ0) is 43.6. The fraction of sp³-hybridized carbons (Fsp3) is 0.600. The van der Waals surface area contributed by atoms with Crippen molar-refractivity contribution in [1.29, 1.82) is 0 Å². The van der Waals surface area contributed by atoms with Crippen molar-refractivity contribution in [3.63, 3.8) is 0 Å². The van der Waals surface area contributed by atoms with E-state index in [1.165, 1.54) is 196 Å². The Bertz CT molecular complexity index is 1480. The molecule has 0 aromatic heterocycles. The van der Waals surface area contributed by atoms with Crippen molar-refractivity contribution < 1.29 is 0 Å². The summed E-state index contributed by atoms with van der Waals surface area (Å²) >= 11 is 0. The lowest BCUT2D eigenvalue weighted by Gasteiger charge is -2.17. The van der Waals surface area contributed by atoms with Gasteiger partial charge in [0.25, 0.3) is 0 Å². The van der Waals surface area contributed by atoms with E-state index in [0.717, 1.165) is 0 Å². The molecule has 0 unspecified atom stereocenters. The standard InChI is InChI=1S/C22H38.C20H26.C18H30/c1-5-9-13-19-17-21(15-11-7-3)22(16-12-8-4)18-20(19)14-10-6-2;1-3-5-7-17-9-13-19(14-10-17)20-15-11-18(12-16-20)8-6-4-2;1-4-7-10-16-13-14-17(11-8-5-2)18(15-16)12-9-6-3/h17-18H,5-16H2,1-4H3;9-16H,3-8H2,1-2H3;13-15H,4-12H2,1-3H3. The van der Waals surface area contributed by atoms with Gasteiger partial charge in [0.05, 0.1) is 0 Å². The normalized spacial score (nSPS) is 10.9. The van der Waals surface area contributed by atoms with Gasteiger partial charge in [-0.15, -0.1) is 0 Å². The number of aryl methyl sites for hydroxylation is 9. The van der Waals surface area contributed by atoms with E-state index in [-0.39, 0.29) is 0 Å². The Labute approximate surface area is 374 Å². The zero-order valence-electron chi connectivity index (χ0n) is 41.1. The molecule has 0 heterocycles. The minimum absolute atomic E-state index is 1.20. The molecule has 0 aliphatic heterocycles. The van der Waals surface area contributed by atoms with E-state index in [9.17, 15) is 0 Å². The van der Waals surface area contributed by atoms with Crippen molar-refractivity contribution >= 4 is 0 Å². The van der Waals surface area contributed by atoms with Crippen molar-refractivity contribution in [2.75, 3.05) is 0 Å². The predicted octanol–water partition coefficient (Wildman–Crippen LogP) is 18.8. The summed E-state index contributed by atoms with van der Waals surface area (Å²) < 4.78 is 0. The second-order valence-electron chi connectivity index (χ2n) is 17.8. The highest BCUT2D eigenvalue weighted by molar-refractivity contribution is 5.64. The van der Waals surface area contributed by atoms with Crippen LogP contribution in [-0.2, 0) is 57.8 Å². The van der Waals surface area contributed by atoms with E-state index in [4.69, 9.17) is 0 Å². The van der Waals surface area contributed by atoms with Crippen molar-refractivity contribution in [2.45, 2.75) is 236 Å². The summed E-state index contributed by atoms with van der Waals surface area (Å²) in [5.41, 5.74) is 16.9. The summed E-state index contributed by atoms with van der Waals surface area (Å²) in [4.78, 5) is 0. The third-order valence-corrected chi connectivity index (χ3v) is 12.3. The molecule has 4 aromatic rings. The third kappa shape index (κ3) is 21.6. The Morgan fingerprint density at radius 3 is 0.750 bits per heavy atom. The number of hydrogen-bond donors (Lipinski definition) is 0. The van der Waals surface area contributed by atoms with Gasteiger partial charge in [-0.25, -0.2) is 0 Å². The van der Waals surface area contributed by atoms with Crippen LogP contribution in [0.1, 0.15) is 228 Å². The predicted molar refractivity (Wildman–Crippen MR) is 272 cm³/mol. The number of hydrogen-bond acceptors (Lipinski definition) is 0. The Kier molecular flexibility index (Phi) is 30.5. The molecule has 0 aliphatic rings. The third-order valence-electron chi connectivity index (χ3n) is 12.3. The van der Waals surface area contributed by atoms with Crippen LogP contribution in [0.25, 0.3) is 11.1 Å². The van der Waals surface area contributed by atoms with Gasteiger partial charge in [-0.3, -0.25) is 0 Å². The highest BCUT2D eigenvalue weighted by Crippen LogP contribution is 2.25. The lowest BCUT2D eigenvalue weighted by molar-refractivity contribution is 0.734. The van der Waals surface area contributed by atoms with Gasteiger partial charge >= 0.3 is 0 Å². The molecule has 0 fully saturated rings. The van der Waals surface area contributed by atoms with E-state index in [1.54, 1.807) is 38.9 Å². The highest BCUT2D eigenvalue weighted by Gasteiger charge is 2.10. The highest BCUT2D eigenvalue weighted by atomic mass is 14.2. The molecular weight excluding hydrogens is 721 g/mol. The lowest BCUT2D eigenvalue weighted by Crippen LogP contribution is -2.03. The number of rotatable bonds is 28. The molecule has 0 saturated carbocycles. The second-order valence-corrected chi connectivity index (χ2v) is 17.8. The summed E-state index contributed by atoms with van der Waals surface area (Å²) in [5, 5.41) is 0. The molecule has 0 N–H and O–H groups in total. The van der Waals surface area contributed by atoms with Crippen molar-refractivity contribution in [3.05, 3.63) is 129 Å². The largest absolute Gasteiger partial charge is 0.0654 e. The van der Waals surface area contributed by atoms with Crippen LogP contribution >= 0.6 is 0 Å². The van der Waals surface area contributed by atoms with Crippen LogP contribution in [0.4, 0.5) is 0 Å². The number of unbranched alkanes of at least 4 members (excludes halogenated alkanes) is 9. The molecule has 0 spiro atoms. The first-order chi connectivity index (χ1) is 29.4. The van der Waals surface area contributed by atoms with E-state index in [2.05, 4.69) is 141 Å². The molecule has 4 rings (SSSR count). The van der Waals surface area contributed by atoms with Crippen LogP contribution in [0.15, 0.2) is 78.9 Å². The molecule has 0 radical (unpaired) electrons. The molecule has 60 heavy (non-hydrogen) atoms. The van der Waals surface area contributed by atoms with Crippen LogP contribution in [0.3, 0.4) is 0 Å². The van der Waals surface area contributed by atoms with E-state index in [1.807, 2.05) is 0 Å². The summed E-state index contributed by atoms with van der Waals surface area (Å²) in [6.07, 6.45) is 34.8. The van der Waals surface area contributed by atoms with Gasteiger partial charge in [0.1, 0.15) is 0 Å². The minimum Gasteiger partial charge on any atom is -0.0654 e.